The van der Waals surface area contributed by atoms with Crippen LogP contribution in [0.4, 0.5) is 4.79 Å². The van der Waals surface area contributed by atoms with Crippen LogP contribution in [0, 0.1) is 0 Å². The number of nitrogens with one attached hydrogen (secondary N) is 2. The van der Waals surface area contributed by atoms with Crippen molar-refractivity contribution >= 4 is 18.3 Å². The van der Waals surface area contributed by atoms with E-state index in [4.69, 9.17) is 9.47 Å². The first-order valence-electron chi connectivity index (χ1n) is 10.7. The highest BCUT2D eigenvalue weighted by atomic mass is 16.5. The van der Waals surface area contributed by atoms with E-state index in [9.17, 15) is 14.4 Å². The van der Waals surface area contributed by atoms with Gasteiger partial charge in [0.2, 0.25) is 6.41 Å². The molecule has 2 aromatic carbocycles. The molecule has 4 rings (SSSR count). The minimum Gasteiger partial charge on any atom is -0.497 e. The van der Waals surface area contributed by atoms with Gasteiger partial charge in [-0.3, -0.25) is 19.9 Å². The Morgan fingerprint density at radius 1 is 1.12 bits per heavy atom. The summed E-state index contributed by atoms with van der Waals surface area (Å²) in [7, 11) is 1.55. The number of nitrogens with zero attached hydrogens (tertiary/aromatic N) is 2. The maximum absolute atomic E-state index is 13.0. The van der Waals surface area contributed by atoms with Crippen molar-refractivity contribution < 1.29 is 23.9 Å². The first-order valence-corrected chi connectivity index (χ1v) is 10.7. The van der Waals surface area contributed by atoms with Gasteiger partial charge in [0.05, 0.1) is 13.2 Å². The summed E-state index contributed by atoms with van der Waals surface area (Å²) in [5.41, 5.74) is 3.23. The molecule has 174 valence electrons. The number of fused-ring (bicyclic) bond motifs is 1. The number of hydrogen-bond acceptors (Lipinski definition) is 6. The van der Waals surface area contributed by atoms with Gasteiger partial charge in [-0.15, -0.1) is 0 Å². The molecule has 0 unspecified atom stereocenters. The van der Waals surface area contributed by atoms with Gasteiger partial charge in [-0.25, -0.2) is 4.79 Å². The monoisotopic (exact) mass is 460 g/mol. The Hall–Kier alpha value is -4.40. The van der Waals surface area contributed by atoms with E-state index in [-0.39, 0.29) is 12.5 Å². The average molecular weight is 460 g/mol. The predicted octanol–water partition coefficient (Wildman–Crippen LogP) is 2.82. The molecule has 0 fully saturated rings. The van der Waals surface area contributed by atoms with E-state index in [0.29, 0.717) is 36.6 Å². The van der Waals surface area contributed by atoms with Crippen LogP contribution in [-0.2, 0) is 17.9 Å². The van der Waals surface area contributed by atoms with E-state index in [1.54, 1.807) is 42.6 Å². The van der Waals surface area contributed by atoms with Crippen LogP contribution < -0.4 is 20.1 Å². The molecule has 0 saturated heterocycles. The molecule has 3 aromatic rings. The fourth-order valence-electron chi connectivity index (χ4n) is 3.76. The van der Waals surface area contributed by atoms with Gasteiger partial charge in [-0.1, -0.05) is 18.2 Å². The number of aromatic nitrogens is 1. The highest BCUT2D eigenvalue weighted by Crippen LogP contribution is 2.29. The van der Waals surface area contributed by atoms with Crippen molar-refractivity contribution in [1.29, 1.82) is 0 Å². The number of hydrogen-bond donors (Lipinski definition) is 2. The predicted molar refractivity (Wildman–Crippen MR) is 123 cm³/mol. The number of amides is 4. The van der Waals surface area contributed by atoms with Gasteiger partial charge in [0.25, 0.3) is 5.91 Å². The second kappa shape index (κ2) is 10.5. The number of imide groups is 1. The standard InChI is InChI=1S/C25H24N4O5/c1-33-21-7-4-19-13-29(24(31)22(19)12-21)14-23(28-25(32)27-16-30)18-2-5-20(6-3-18)34-15-17-8-10-26-11-9-17/h2-12,16,23H,13-15H2,1H3,(H2,27,28,30,32)/t23-/m0/s1. The fraction of sp³-hybridized carbons (Fsp3) is 0.200. The molecular weight excluding hydrogens is 436 g/mol. The molecule has 34 heavy (non-hydrogen) atoms. The van der Waals surface area contributed by atoms with E-state index in [1.165, 1.54) is 0 Å². The molecule has 0 saturated carbocycles. The van der Waals surface area contributed by atoms with Gasteiger partial charge in [-0.05, 0) is 53.1 Å². The first-order chi connectivity index (χ1) is 16.6. The van der Waals surface area contributed by atoms with Gasteiger partial charge in [0.1, 0.15) is 18.1 Å². The van der Waals surface area contributed by atoms with Gasteiger partial charge in [0.15, 0.2) is 0 Å². The SMILES string of the molecule is COc1ccc2c(c1)C(=O)N(C[C@H](NC(=O)NC=O)c1ccc(OCc3ccncc3)cc1)C2. The summed E-state index contributed by atoms with van der Waals surface area (Å²) in [6.45, 7) is 1.04. The molecule has 9 heteroatoms. The minimum absolute atomic E-state index is 0.145. The lowest BCUT2D eigenvalue weighted by Gasteiger charge is -2.25. The van der Waals surface area contributed by atoms with Crippen LogP contribution in [0.15, 0.2) is 67.0 Å². The average Bonchev–Trinajstić information content (AvgIpc) is 3.17. The number of ether oxygens (including phenoxy) is 2. The molecule has 1 aliphatic heterocycles. The van der Waals surface area contributed by atoms with Gasteiger partial charge in [0, 0.05) is 31.0 Å². The summed E-state index contributed by atoms with van der Waals surface area (Å²) in [6, 6.07) is 15.2. The third-order valence-corrected chi connectivity index (χ3v) is 5.53. The molecule has 0 aliphatic carbocycles. The van der Waals surface area contributed by atoms with E-state index in [0.717, 1.165) is 16.7 Å². The molecule has 0 bridgehead atoms. The maximum Gasteiger partial charge on any atom is 0.321 e. The number of rotatable bonds is 9. The zero-order valence-corrected chi connectivity index (χ0v) is 18.6. The number of benzene rings is 2. The van der Waals surface area contributed by atoms with E-state index in [2.05, 4.69) is 15.6 Å². The first kappa shape index (κ1) is 22.8. The van der Waals surface area contributed by atoms with Crippen LogP contribution in [0.5, 0.6) is 11.5 Å². The minimum atomic E-state index is -0.649. The summed E-state index contributed by atoms with van der Waals surface area (Å²) in [5.74, 6) is 1.12. The lowest BCUT2D eigenvalue weighted by Crippen LogP contribution is -2.42. The van der Waals surface area contributed by atoms with Crippen molar-refractivity contribution in [3.05, 3.63) is 89.2 Å². The number of carbonyl (C=O) groups excluding carboxylic acids is 3. The van der Waals surface area contributed by atoms with Gasteiger partial charge in [-0.2, -0.15) is 0 Å². The van der Waals surface area contributed by atoms with Crippen LogP contribution in [0.2, 0.25) is 0 Å². The van der Waals surface area contributed by atoms with Crippen LogP contribution >= 0.6 is 0 Å². The molecule has 2 N–H and O–H groups in total. The van der Waals surface area contributed by atoms with E-state index >= 15 is 0 Å². The van der Waals surface area contributed by atoms with Crippen molar-refractivity contribution in [3.8, 4) is 11.5 Å². The molecule has 9 nitrogen and oxygen atoms in total. The summed E-state index contributed by atoms with van der Waals surface area (Å²) < 4.78 is 11.0. The molecule has 1 aromatic heterocycles. The zero-order chi connectivity index (χ0) is 23.9. The molecule has 1 atom stereocenters. The summed E-state index contributed by atoms with van der Waals surface area (Å²) in [4.78, 5) is 41.4. The highest BCUT2D eigenvalue weighted by Gasteiger charge is 2.30. The van der Waals surface area contributed by atoms with Crippen LogP contribution in [0.3, 0.4) is 0 Å². The molecular formula is C25H24N4O5. The Balaban J connectivity index is 1.48. The zero-order valence-electron chi connectivity index (χ0n) is 18.6. The normalized spacial score (nSPS) is 13.1. The van der Waals surface area contributed by atoms with Crippen LogP contribution in [0.1, 0.15) is 33.1 Å². The Bertz CT molecular complexity index is 1170. The number of urea groups is 1. The number of methoxy groups -OCH3 is 1. The van der Waals surface area contributed by atoms with Crippen molar-refractivity contribution in [1.82, 2.24) is 20.5 Å². The van der Waals surface area contributed by atoms with Gasteiger partial charge < -0.3 is 19.7 Å². The smallest absolute Gasteiger partial charge is 0.321 e. The molecule has 0 radical (unpaired) electrons. The molecule has 1 aliphatic rings. The summed E-state index contributed by atoms with van der Waals surface area (Å²) >= 11 is 0. The topological polar surface area (TPSA) is 110 Å². The third kappa shape index (κ3) is 5.32. The second-order valence-electron chi connectivity index (χ2n) is 7.71. The van der Waals surface area contributed by atoms with Crippen molar-refractivity contribution in [3.63, 3.8) is 0 Å². The van der Waals surface area contributed by atoms with Crippen molar-refractivity contribution in [2.24, 2.45) is 0 Å². The summed E-state index contributed by atoms with van der Waals surface area (Å²) in [5, 5.41) is 4.84. The van der Waals surface area contributed by atoms with Crippen molar-refractivity contribution in [2.75, 3.05) is 13.7 Å². The maximum atomic E-state index is 13.0. The number of carbonyl (C=O) groups is 3. The van der Waals surface area contributed by atoms with Crippen LogP contribution in [0.25, 0.3) is 0 Å². The Morgan fingerprint density at radius 2 is 1.85 bits per heavy atom. The Morgan fingerprint density at radius 3 is 2.56 bits per heavy atom. The Kier molecular flexibility index (Phi) is 7.02. The molecule has 0 spiro atoms. The Labute approximate surface area is 196 Å². The van der Waals surface area contributed by atoms with E-state index < -0.39 is 12.1 Å². The highest BCUT2D eigenvalue weighted by molar-refractivity contribution is 5.98. The van der Waals surface area contributed by atoms with Crippen molar-refractivity contribution in [2.45, 2.75) is 19.2 Å². The van der Waals surface area contributed by atoms with Crippen LogP contribution in [-0.4, -0.2) is 41.9 Å². The van der Waals surface area contributed by atoms with Gasteiger partial charge >= 0.3 is 6.03 Å². The molecule has 4 amide bonds. The quantitative estimate of drug-likeness (QED) is 0.475. The molecule has 2 heterocycles. The third-order valence-electron chi connectivity index (χ3n) is 5.53. The number of pyridine rings is 1. The second-order valence-corrected chi connectivity index (χ2v) is 7.71. The largest absolute Gasteiger partial charge is 0.497 e. The lowest BCUT2D eigenvalue weighted by atomic mass is 10.1. The summed E-state index contributed by atoms with van der Waals surface area (Å²) in [6.07, 6.45) is 3.72. The fourth-order valence-corrected chi connectivity index (χ4v) is 3.76. The lowest BCUT2D eigenvalue weighted by molar-refractivity contribution is -0.108. The van der Waals surface area contributed by atoms with E-state index in [1.807, 2.05) is 36.4 Å².